The van der Waals surface area contributed by atoms with E-state index in [2.05, 4.69) is 51.1 Å². The summed E-state index contributed by atoms with van der Waals surface area (Å²) >= 11 is 6.31. The van der Waals surface area contributed by atoms with E-state index in [0.717, 1.165) is 12.8 Å². The van der Waals surface area contributed by atoms with E-state index >= 15 is 0 Å². The number of benzene rings is 1. The van der Waals surface area contributed by atoms with Crippen LogP contribution in [0.3, 0.4) is 0 Å². The lowest BCUT2D eigenvalue weighted by Gasteiger charge is -2.32. The molecule has 0 amide bonds. The quantitative estimate of drug-likeness (QED) is 0.516. The second-order valence-electron chi connectivity index (χ2n) is 6.05. The summed E-state index contributed by atoms with van der Waals surface area (Å²) in [6.45, 7) is 6.75. The van der Waals surface area contributed by atoms with E-state index in [1.807, 2.05) is 0 Å². The highest BCUT2D eigenvalue weighted by molar-refractivity contribution is 6.21. The van der Waals surface area contributed by atoms with Gasteiger partial charge in [0.1, 0.15) is 0 Å². The molecule has 0 nitrogen and oxygen atoms in total. The fourth-order valence-corrected chi connectivity index (χ4v) is 3.27. The van der Waals surface area contributed by atoms with E-state index in [1.54, 1.807) is 0 Å². The highest BCUT2D eigenvalue weighted by Crippen LogP contribution is 2.38. The van der Waals surface area contributed by atoms with Gasteiger partial charge in [-0.1, -0.05) is 55.3 Å². The van der Waals surface area contributed by atoms with Crippen LogP contribution in [-0.2, 0) is 6.42 Å². The molecular formula is C16H21Cl. The molecule has 1 aliphatic rings. The highest BCUT2D eigenvalue weighted by atomic mass is 35.5. The summed E-state index contributed by atoms with van der Waals surface area (Å²) in [5, 5.41) is 0.208. The van der Waals surface area contributed by atoms with Gasteiger partial charge in [-0.3, -0.25) is 0 Å². The molecule has 17 heavy (non-hydrogen) atoms. The summed E-state index contributed by atoms with van der Waals surface area (Å²) in [4.78, 5) is 0. The Hall–Kier alpha value is -0.750. The van der Waals surface area contributed by atoms with E-state index in [1.165, 1.54) is 23.1 Å². The van der Waals surface area contributed by atoms with Crippen molar-refractivity contribution in [2.45, 2.75) is 45.4 Å². The van der Waals surface area contributed by atoms with E-state index in [-0.39, 0.29) is 5.38 Å². The molecule has 0 bridgehead atoms. The molecule has 1 atom stereocenters. The molecule has 92 valence electrons. The summed E-state index contributed by atoms with van der Waals surface area (Å²) < 4.78 is 0. The van der Waals surface area contributed by atoms with Crippen LogP contribution in [0.1, 0.15) is 37.8 Å². The van der Waals surface area contributed by atoms with E-state index in [9.17, 15) is 0 Å². The molecule has 1 aromatic carbocycles. The summed E-state index contributed by atoms with van der Waals surface area (Å²) in [5.41, 5.74) is 4.55. The Kier molecular flexibility index (Phi) is 3.63. The van der Waals surface area contributed by atoms with Gasteiger partial charge in [-0.05, 0) is 37.2 Å². The Bertz CT molecular complexity index is 412. The number of alkyl halides is 1. The van der Waals surface area contributed by atoms with Crippen LogP contribution in [0.15, 0.2) is 35.9 Å². The highest BCUT2D eigenvalue weighted by Gasteiger charge is 2.27. The van der Waals surface area contributed by atoms with Gasteiger partial charge < -0.3 is 0 Å². The molecule has 0 N–H and O–H groups in total. The van der Waals surface area contributed by atoms with Crippen molar-refractivity contribution in [1.29, 1.82) is 0 Å². The van der Waals surface area contributed by atoms with Crippen molar-refractivity contribution in [3.63, 3.8) is 0 Å². The SMILES string of the molecule is Cc1ccc(CC2=CC(Cl)CC(C)(C)C2)cc1. The Morgan fingerprint density at radius 3 is 2.47 bits per heavy atom. The molecule has 0 saturated heterocycles. The van der Waals surface area contributed by atoms with Crippen LogP contribution in [-0.4, -0.2) is 5.38 Å². The van der Waals surface area contributed by atoms with Crippen molar-refractivity contribution >= 4 is 11.6 Å². The Morgan fingerprint density at radius 2 is 1.88 bits per heavy atom. The van der Waals surface area contributed by atoms with Crippen LogP contribution < -0.4 is 0 Å². The largest absolute Gasteiger partial charge is 0.118 e. The summed E-state index contributed by atoms with van der Waals surface area (Å²) in [6.07, 6.45) is 5.57. The molecule has 0 spiro atoms. The number of hydrogen-bond donors (Lipinski definition) is 0. The van der Waals surface area contributed by atoms with Crippen molar-refractivity contribution < 1.29 is 0 Å². The lowest BCUT2D eigenvalue weighted by Crippen LogP contribution is -2.22. The average Bonchev–Trinajstić information content (AvgIpc) is 2.18. The minimum atomic E-state index is 0.208. The Morgan fingerprint density at radius 1 is 1.24 bits per heavy atom. The van der Waals surface area contributed by atoms with Gasteiger partial charge in [-0.25, -0.2) is 0 Å². The first-order chi connectivity index (χ1) is 7.94. The maximum atomic E-state index is 6.31. The van der Waals surface area contributed by atoms with E-state index < -0.39 is 0 Å². The van der Waals surface area contributed by atoms with Crippen LogP contribution >= 0.6 is 11.6 Å². The molecule has 1 unspecified atom stereocenters. The molecule has 0 aromatic heterocycles. The average molecular weight is 249 g/mol. The first kappa shape index (κ1) is 12.7. The van der Waals surface area contributed by atoms with Crippen LogP contribution in [0.25, 0.3) is 0 Å². The molecule has 2 rings (SSSR count). The van der Waals surface area contributed by atoms with Gasteiger partial charge in [-0.15, -0.1) is 11.6 Å². The second kappa shape index (κ2) is 4.86. The number of halogens is 1. The smallest absolute Gasteiger partial charge is 0.0523 e. The molecule has 0 aliphatic heterocycles. The predicted molar refractivity (Wildman–Crippen MR) is 75.6 cm³/mol. The van der Waals surface area contributed by atoms with Gasteiger partial charge in [0.2, 0.25) is 0 Å². The Labute approximate surface area is 110 Å². The van der Waals surface area contributed by atoms with Gasteiger partial charge in [-0.2, -0.15) is 0 Å². The molecule has 0 fully saturated rings. The van der Waals surface area contributed by atoms with E-state index in [0.29, 0.717) is 5.41 Å². The minimum absolute atomic E-state index is 0.208. The second-order valence-corrected chi connectivity index (χ2v) is 6.61. The summed E-state index contributed by atoms with van der Waals surface area (Å²) in [6, 6.07) is 8.81. The van der Waals surface area contributed by atoms with E-state index in [4.69, 9.17) is 11.6 Å². The molecule has 1 heteroatoms. The third-order valence-corrected chi connectivity index (χ3v) is 3.70. The normalized spacial score (nSPS) is 23.3. The minimum Gasteiger partial charge on any atom is -0.118 e. The zero-order chi connectivity index (χ0) is 12.5. The van der Waals surface area contributed by atoms with Gasteiger partial charge in [0.05, 0.1) is 5.38 Å². The third kappa shape index (κ3) is 3.61. The number of hydrogen-bond acceptors (Lipinski definition) is 0. The number of rotatable bonds is 2. The van der Waals surface area contributed by atoms with Gasteiger partial charge >= 0.3 is 0 Å². The van der Waals surface area contributed by atoms with Crippen LogP contribution in [0, 0.1) is 12.3 Å². The zero-order valence-electron chi connectivity index (χ0n) is 11.0. The zero-order valence-corrected chi connectivity index (χ0v) is 11.7. The van der Waals surface area contributed by atoms with Crippen molar-refractivity contribution in [3.05, 3.63) is 47.0 Å². The van der Waals surface area contributed by atoms with Gasteiger partial charge in [0, 0.05) is 0 Å². The summed E-state index contributed by atoms with van der Waals surface area (Å²) in [7, 11) is 0. The van der Waals surface area contributed by atoms with Gasteiger partial charge in [0.15, 0.2) is 0 Å². The monoisotopic (exact) mass is 248 g/mol. The standard InChI is InChI=1S/C16H21Cl/c1-12-4-6-13(7-5-12)8-14-9-15(17)11-16(2,3)10-14/h4-7,9,15H,8,10-11H2,1-3H3. The van der Waals surface area contributed by atoms with Gasteiger partial charge in [0.25, 0.3) is 0 Å². The first-order valence-electron chi connectivity index (χ1n) is 6.34. The third-order valence-electron chi connectivity index (χ3n) is 3.42. The van der Waals surface area contributed by atoms with Crippen LogP contribution in [0.5, 0.6) is 0 Å². The summed E-state index contributed by atoms with van der Waals surface area (Å²) in [5.74, 6) is 0. The lowest BCUT2D eigenvalue weighted by atomic mass is 9.76. The maximum Gasteiger partial charge on any atom is 0.0523 e. The fraction of sp³-hybridized carbons (Fsp3) is 0.500. The fourth-order valence-electron chi connectivity index (χ4n) is 2.68. The molecule has 0 radical (unpaired) electrons. The molecule has 1 aromatic rings. The molecule has 0 saturated carbocycles. The molecule has 1 aliphatic carbocycles. The predicted octanol–water partition coefficient (Wildman–Crippen LogP) is 4.89. The number of aryl methyl sites for hydroxylation is 1. The van der Waals surface area contributed by atoms with Crippen molar-refractivity contribution in [1.82, 2.24) is 0 Å². The van der Waals surface area contributed by atoms with Crippen LogP contribution in [0.4, 0.5) is 0 Å². The van der Waals surface area contributed by atoms with Crippen molar-refractivity contribution in [2.75, 3.05) is 0 Å². The van der Waals surface area contributed by atoms with Crippen molar-refractivity contribution in [3.8, 4) is 0 Å². The molecule has 0 heterocycles. The maximum absolute atomic E-state index is 6.31. The number of allylic oxidation sites excluding steroid dienone is 2. The molecular weight excluding hydrogens is 228 g/mol. The topological polar surface area (TPSA) is 0 Å². The van der Waals surface area contributed by atoms with Crippen LogP contribution in [0.2, 0.25) is 0 Å². The van der Waals surface area contributed by atoms with Crippen molar-refractivity contribution in [2.24, 2.45) is 5.41 Å². The first-order valence-corrected chi connectivity index (χ1v) is 6.77. The lowest BCUT2D eigenvalue weighted by molar-refractivity contribution is 0.320. The Balaban J connectivity index is 2.11.